The van der Waals surface area contributed by atoms with Gasteiger partial charge in [-0.2, -0.15) is 0 Å². The number of carbonyl (C=O) groups excluding carboxylic acids is 1. The van der Waals surface area contributed by atoms with Crippen molar-refractivity contribution in [2.45, 2.75) is 24.5 Å². The third-order valence-electron chi connectivity index (χ3n) is 2.19. The summed E-state index contributed by atoms with van der Waals surface area (Å²) in [6.07, 6.45) is -0.872. The van der Waals surface area contributed by atoms with Crippen LogP contribution < -0.4 is 0 Å². The number of methoxy groups -OCH3 is 1. The van der Waals surface area contributed by atoms with E-state index in [1.807, 2.05) is 0 Å². The first kappa shape index (κ1) is 10.8. The van der Waals surface area contributed by atoms with Crippen molar-refractivity contribution in [3.8, 4) is 0 Å². The maximum Gasteiger partial charge on any atom is 0.240 e. The molecule has 13 heavy (non-hydrogen) atoms. The molecule has 0 aromatic carbocycles. The standard InChI is InChI=1S/C8H14ClNO3/c1-5(9)8(12)10-3-6(11)7(4-10)13-2/h5-7,11H,3-4H2,1-2H3/t5?,6-,7-/m1/s1. The zero-order valence-electron chi connectivity index (χ0n) is 7.74. The Morgan fingerprint density at radius 1 is 1.69 bits per heavy atom. The summed E-state index contributed by atoms with van der Waals surface area (Å²) in [6, 6.07) is 0. The topological polar surface area (TPSA) is 49.8 Å². The lowest BCUT2D eigenvalue weighted by molar-refractivity contribution is -0.130. The second kappa shape index (κ2) is 4.26. The highest BCUT2D eigenvalue weighted by atomic mass is 35.5. The van der Waals surface area contributed by atoms with Crippen LogP contribution in [0.4, 0.5) is 0 Å². The molecular formula is C8H14ClNO3. The van der Waals surface area contributed by atoms with Crippen molar-refractivity contribution >= 4 is 17.5 Å². The fraction of sp³-hybridized carbons (Fsp3) is 0.875. The summed E-state index contributed by atoms with van der Waals surface area (Å²) in [6.45, 7) is 2.36. The predicted molar refractivity (Wildman–Crippen MR) is 48.7 cm³/mol. The van der Waals surface area contributed by atoms with Gasteiger partial charge >= 0.3 is 0 Å². The van der Waals surface area contributed by atoms with Crippen LogP contribution >= 0.6 is 11.6 Å². The molecule has 0 saturated carbocycles. The Labute approximate surface area is 82.4 Å². The molecule has 1 aliphatic rings. The Bertz CT molecular complexity index is 198. The lowest BCUT2D eigenvalue weighted by Gasteiger charge is -2.16. The van der Waals surface area contributed by atoms with Crippen molar-refractivity contribution in [1.29, 1.82) is 0 Å². The first-order valence-electron chi connectivity index (χ1n) is 4.20. The average molecular weight is 208 g/mol. The Morgan fingerprint density at radius 2 is 2.31 bits per heavy atom. The van der Waals surface area contributed by atoms with E-state index in [-0.39, 0.29) is 12.0 Å². The number of halogens is 1. The smallest absolute Gasteiger partial charge is 0.240 e. The maximum atomic E-state index is 11.4. The number of rotatable bonds is 2. The van der Waals surface area contributed by atoms with Gasteiger partial charge in [-0.05, 0) is 6.92 Å². The Hall–Kier alpha value is -0.320. The number of aliphatic hydroxyl groups excluding tert-OH is 1. The number of hydrogen-bond donors (Lipinski definition) is 1. The average Bonchev–Trinajstić information content (AvgIpc) is 2.45. The van der Waals surface area contributed by atoms with E-state index in [0.29, 0.717) is 13.1 Å². The van der Waals surface area contributed by atoms with E-state index in [2.05, 4.69) is 0 Å². The molecule has 3 atom stereocenters. The highest BCUT2D eigenvalue weighted by Gasteiger charge is 2.34. The lowest BCUT2D eigenvalue weighted by Crippen LogP contribution is -2.34. The van der Waals surface area contributed by atoms with Gasteiger partial charge in [0.15, 0.2) is 0 Å². The maximum absolute atomic E-state index is 11.4. The summed E-state index contributed by atoms with van der Waals surface area (Å²) in [5.41, 5.74) is 0. The van der Waals surface area contributed by atoms with Gasteiger partial charge in [0.1, 0.15) is 11.5 Å². The van der Waals surface area contributed by atoms with E-state index in [1.165, 1.54) is 12.0 Å². The second-order valence-electron chi connectivity index (χ2n) is 3.20. The van der Waals surface area contributed by atoms with Gasteiger partial charge in [-0.25, -0.2) is 0 Å². The van der Waals surface area contributed by atoms with E-state index in [9.17, 15) is 9.90 Å². The monoisotopic (exact) mass is 207 g/mol. The zero-order chi connectivity index (χ0) is 10.0. The second-order valence-corrected chi connectivity index (χ2v) is 3.86. The molecule has 0 bridgehead atoms. The van der Waals surface area contributed by atoms with E-state index >= 15 is 0 Å². The van der Waals surface area contributed by atoms with Crippen LogP contribution in [0.5, 0.6) is 0 Å². The molecule has 76 valence electrons. The largest absolute Gasteiger partial charge is 0.388 e. The number of carbonyl (C=O) groups is 1. The minimum absolute atomic E-state index is 0.153. The number of hydrogen-bond acceptors (Lipinski definition) is 3. The van der Waals surface area contributed by atoms with Crippen LogP contribution in [-0.4, -0.2) is 53.7 Å². The van der Waals surface area contributed by atoms with Crippen molar-refractivity contribution in [2.24, 2.45) is 0 Å². The molecule has 1 aliphatic heterocycles. The van der Waals surface area contributed by atoms with Crippen LogP contribution in [0.1, 0.15) is 6.92 Å². The number of alkyl halides is 1. The number of likely N-dealkylation sites (tertiary alicyclic amines) is 1. The van der Waals surface area contributed by atoms with Crippen LogP contribution in [0.15, 0.2) is 0 Å². The van der Waals surface area contributed by atoms with Gasteiger partial charge < -0.3 is 14.7 Å². The number of aliphatic hydroxyl groups is 1. The van der Waals surface area contributed by atoms with E-state index in [1.54, 1.807) is 6.92 Å². The molecule has 5 heteroatoms. The number of nitrogens with zero attached hydrogens (tertiary/aromatic N) is 1. The molecule has 0 aromatic heterocycles. The summed E-state index contributed by atoms with van der Waals surface area (Å²) in [5, 5.41) is 8.89. The lowest BCUT2D eigenvalue weighted by atomic mass is 10.3. The van der Waals surface area contributed by atoms with Crippen LogP contribution in [0.3, 0.4) is 0 Å². The van der Waals surface area contributed by atoms with Gasteiger partial charge in [-0.15, -0.1) is 11.6 Å². The molecule has 1 amide bonds. The van der Waals surface area contributed by atoms with Gasteiger partial charge in [-0.3, -0.25) is 4.79 Å². The molecule has 0 radical (unpaired) electrons. The van der Waals surface area contributed by atoms with Crippen LogP contribution in [-0.2, 0) is 9.53 Å². The molecule has 1 N–H and O–H groups in total. The first-order chi connectivity index (χ1) is 6.06. The normalized spacial score (nSPS) is 30.6. The number of ether oxygens (including phenoxy) is 1. The fourth-order valence-corrected chi connectivity index (χ4v) is 1.56. The van der Waals surface area contributed by atoms with Crippen molar-refractivity contribution in [2.75, 3.05) is 20.2 Å². The van der Waals surface area contributed by atoms with Crippen molar-refractivity contribution in [3.05, 3.63) is 0 Å². The molecule has 1 fully saturated rings. The molecular weight excluding hydrogens is 194 g/mol. The molecule has 1 saturated heterocycles. The quantitative estimate of drug-likeness (QED) is 0.640. The molecule has 1 heterocycles. The molecule has 0 aromatic rings. The van der Waals surface area contributed by atoms with Crippen LogP contribution in [0, 0.1) is 0 Å². The fourth-order valence-electron chi connectivity index (χ4n) is 1.42. The van der Waals surface area contributed by atoms with E-state index in [0.717, 1.165) is 0 Å². The van der Waals surface area contributed by atoms with Crippen molar-refractivity contribution in [3.63, 3.8) is 0 Å². The number of amides is 1. The minimum atomic E-state index is -0.593. The summed E-state index contributed by atoms with van der Waals surface area (Å²) in [7, 11) is 1.52. The molecule has 4 nitrogen and oxygen atoms in total. The molecule has 0 spiro atoms. The zero-order valence-corrected chi connectivity index (χ0v) is 8.49. The van der Waals surface area contributed by atoms with E-state index in [4.69, 9.17) is 16.3 Å². The summed E-state index contributed by atoms with van der Waals surface area (Å²) in [4.78, 5) is 12.9. The highest BCUT2D eigenvalue weighted by molar-refractivity contribution is 6.30. The highest BCUT2D eigenvalue weighted by Crippen LogP contribution is 2.15. The van der Waals surface area contributed by atoms with Crippen LogP contribution in [0.2, 0.25) is 0 Å². The Kier molecular flexibility index (Phi) is 3.53. The van der Waals surface area contributed by atoms with Gasteiger partial charge in [0.05, 0.1) is 6.10 Å². The summed E-state index contributed by atoms with van der Waals surface area (Å²) in [5.74, 6) is -0.153. The van der Waals surface area contributed by atoms with Gasteiger partial charge in [0.25, 0.3) is 0 Å². The van der Waals surface area contributed by atoms with Crippen molar-refractivity contribution < 1.29 is 14.6 Å². The first-order valence-corrected chi connectivity index (χ1v) is 4.63. The molecule has 1 unspecified atom stereocenters. The third kappa shape index (κ3) is 2.33. The molecule has 1 rings (SSSR count). The predicted octanol–water partition coefficient (Wildman–Crippen LogP) is -0.168. The number of β-amino-alcohol motifs (C(OH)–C–C–N with tert-alkyl or cyclic N) is 1. The Morgan fingerprint density at radius 3 is 2.69 bits per heavy atom. The van der Waals surface area contributed by atoms with Crippen molar-refractivity contribution in [1.82, 2.24) is 4.90 Å². The van der Waals surface area contributed by atoms with Crippen LogP contribution in [0.25, 0.3) is 0 Å². The minimum Gasteiger partial charge on any atom is -0.388 e. The van der Waals surface area contributed by atoms with Gasteiger partial charge in [0, 0.05) is 20.2 Å². The van der Waals surface area contributed by atoms with E-state index < -0.39 is 11.5 Å². The molecule has 0 aliphatic carbocycles. The van der Waals surface area contributed by atoms with Gasteiger partial charge in [0.2, 0.25) is 5.91 Å². The third-order valence-corrected chi connectivity index (χ3v) is 2.38. The Balaban J connectivity index is 2.53. The SMILES string of the molecule is CO[C@@H]1CN(C(=O)C(C)Cl)C[C@H]1O. The summed E-state index contributed by atoms with van der Waals surface area (Å²) >= 11 is 5.63. The summed E-state index contributed by atoms with van der Waals surface area (Å²) < 4.78 is 5.00. The van der Waals surface area contributed by atoms with Gasteiger partial charge in [-0.1, -0.05) is 0 Å².